The number of hydrogen-bond donors (Lipinski definition) is 2. The van der Waals surface area contributed by atoms with Gasteiger partial charge in [0.1, 0.15) is 11.9 Å². The topological polar surface area (TPSA) is 70.1 Å². The van der Waals surface area contributed by atoms with E-state index in [1.54, 1.807) is 0 Å². The number of phenolic OH excluding ortho intramolecular Hbond substituents is 1. The van der Waals surface area contributed by atoms with Crippen molar-refractivity contribution in [1.82, 2.24) is 0 Å². The first-order valence-corrected chi connectivity index (χ1v) is 9.72. The summed E-state index contributed by atoms with van der Waals surface area (Å²) in [6, 6.07) is 4.10. The first-order valence-electron chi connectivity index (χ1n) is 9.72. The van der Waals surface area contributed by atoms with Gasteiger partial charge in [-0.15, -0.1) is 0 Å². The second-order valence-corrected chi connectivity index (χ2v) is 9.39. The van der Waals surface area contributed by atoms with Crippen LogP contribution in [0.2, 0.25) is 0 Å². The molecule has 0 spiro atoms. The van der Waals surface area contributed by atoms with Crippen LogP contribution in [0.1, 0.15) is 89.5 Å². The number of aromatic hydroxyl groups is 1. The standard InChI is InChI=1S/C20H28O2.C2H4O2/c1-11(2)14-13(21)8-7-12-15(14)16-17(22-16)18-19(3,4)9-6-10-20(12,18)5;1-2(3)4/h7-8,11,16-18,21H,6,9-10H2,1-5H3;1H3,(H,3,4)/t16-,17-,18-,20+;/m0./s1. The van der Waals surface area contributed by atoms with Crippen LogP contribution < -0.4 is 0 Å². The molecule has 1 saturated heterocycles. The molecule has 4 heteroatoms. The van der Waals surface area contributed by atoms with Crippen molar-refractivity contribution in [3.05, 3.63) is 28.8 Å². The average Bonchev–Trinajstić information content (AvgIpc) is 3.24. The smallest absolute Gasteiger partial charge is 0.300 e. The first-order chi connectivity index (χ1) is 12.0. The highest BCUT2D eigenvalue weighted by molar-refractivity contribution is 5.63. The maximum atomic E-state index is 10.4. The van der Waals surface area contributed by atoms with Gasteiger partial charge in [-0.25, -0.2) is 0 Å². The molecular weight excluding hydrogens is 328 g/mol. The number of carboxylic acids is 1. The van der Waals surface area contributed by atoms with Crippen molar-refractivity contribution in [2.24, 2.45) is 11.3 Å². The summed E-state index contributed by atoms with van der Waals surface area (Å²) in [5, 5.41) is 17.8. The van der Waals surface area contributed by atoms with Crippen LogP contribution in [0.4, 0.5) is 0 Å². The van der Waals surface area contributed by atoms with Gasteiger partial charge in [-0.2, -0.15) is 0 Å². The average molecular weight is 360 g/mol. The molecule has 2 N–H and O–H groups in total. The van der Waals surface area contributed by atoms with Crippen molar-refractivity contribution < 1.29 is 19.7 Å². The van der Waals surface area contributed by atoms with Crippen LogP contribution in [0.5, 0.6) is 5.75 Å². The third-order valence-electron chi connectivity index (χ3n) is 6.64. The van der Waals surface area contributed by atoms with Crippen LogP contribution in [-0.4, -0.2) is 22.3 Å². The van der Waals surface area contributed by atoms with Crippen molar-refractivity contribution in [1.29, 1.82) is 0 Å². The maximum absolute atomic E-state index is 10.4. The van der Waals surface area contributed by atoms with Crippen LogP contribution >= 0.6 is 0 Å². The molecule has 0 unspecified atom stereocenters. The molecule has 4 atom stereocenters. The number of hydrogen-bond acceptors (Lipinski definition) is 3. The molecule has 2 fully saturated rings. The Bertz CT molecular complexity index is 717. The highest BCUT2D eigenvalue weighted by Crippen LogP contribution is 2.67. The molecule has 0 bridgehead atoms. The number of carbonyl (C=O) groups is 1. The zero-order chi connectivity index (χ0) is 19.4. The van der Waals surface area contributed by atoms with Gasteiger partial charge >= 0.3 is 0 Å². The third-order valence-corrected chi connectivity index (χ3v) is 6.64. The summed E-state index contributed by atoms with van der Waals surface area (Å²) >= 11 is 0. The van der Waals surface area contributed by atoms with Crippen LogP contribution in [0, 0.1) is 11.3 Å². The van der Waals surface area contributed by atoms with Crippen molar-refractivity contribution >= 4 is 5.97 Å². The SMILES string of the molecule is CC(=O)O.CC(C)c1c(O)ccc2c1[C@@H]1O[C@@H]1[C@H]1C(C)(C)CCC[C@]21C. The van der Waals surface area contributed by atoms with Crippen LogP contribution in [0.15, 0.2) is 12.1 Å². The molecule has 4 nitrogen and oxygen atoms in total. The molecular formula is C22H32O4. The van der Waals surface area contributed by atoms with Crippen LogP contribution in [-0.2, 0) is 14.9 Å². The monoisotopic (exact) mass is 360 g/mol. The fraction of sp³-hybridized carbons (Fsp3) is 0.682. The molecule has 1 aromatic carbocycles. The number of epoxide rings is 1. The highest BCUT2D eigenvalue weighted by atomic mass is 16.6. The van der Waals surface area contributed by atoms with E-state index >= 15 is 0 Å². The second kappa shape index (κ2) is 6.26. The van der Waals surface area contributed by atoms with Gasteiger partial charge in [0, 0.05) is 18.4 Å². The molecule has 1 aromatic rings. The third kappa shape index (κ3) is 2.92. The Morgan fingerprint density at radius 3 is 2.42 bits per heavy atom. The number of benzene rings is 1. The number of fused-ring (bicyclic) bond motifs is 6. The zero-order valence-electron chi connectivity index (χ0n) is 16.8. The van der Waals surface area contributed by atoms with Gasteiger partial charge in [-0.1, -0.05) is 47.1 Å². The molecule has 1 saturated carbocycles. The fourth-order valence-corrected chi connectivity index (χ4v) is 5.84. The van der Waals surface area contributed by atoms with E-state index in [0.29, 0.717) is 29.1 Å². The van der Waals surface area contributed by atoms with E-state index in [-0.39, 0.29) is 11.5 Å². The number of phenols is 1. The summed E-state index contributed by atoms with van der Waals surface area (Å²) in [5.41, 5.74) is 4.40. The first kappa shape index (κ1) is 19.2. The summed E-state index contributed by atoms with van der Waals surface area (Å²) in [7, 11) is 0. The van der Waals surface area contributed by atoms with Gasteiger partial charge in [0.25, 0.3) is 5.97 Å². The number of aliphatic carboxylic acids is 1. The van der Waals surface area contributed by atoms with Crippen molar-refractivity contribution in [3.8, 4) is 5.75 Å². The Labute approximate surface area is 156 Å². The van der Waals surface area contributed by atoms with E-state index in [4.69, 9.17) is 14.6 Å². The second-order valence-electron chi connectivity index (χ2n) is 9.39. The molecule has 0 radical (unpaired) electrons. The lowest BCUT2D eigenvalue weighted by atomic mass is 9.50. The van der Waals surface area contributed by atoms with Crippen LogP contribution in [0.25, 0.3) is 0 Å². The summed E-state index contributed by atoms with van der Waals surface area (Å²) in [4.78, 5) is 9.00. The fourth-order valence-electron chi connectivity index (χ4n) is 5.84. The minimum Gasteiger partial charge on any atom is -0.508 e. The summed E-state index contributed by atoms with van der Waals surface area (Å²) in [6.07, 6.45) is 4.39. The van der Waals surface area contributed by atoms with Crippen molar-refractivity contribution in [2.45, 2.75) is 84.3 Å². The van der Waals surface area contributed by atoms with E-state index in [0.717, 1.165) is 12.5 Å². The largest absolute Gasteiger partial charge is 0.508 e. The van der Waals surface area contributed by atoms with E-state index in [1.807, 2.05) is 6.07 Å². The quantitative estimate of drug-likeness (QED) is 0.680. The molecule has 0 aromatic heterocycles. The lowest BCUT2D eigenvalue weighted by Crippen LogP contribution is -2.50. The van der Waals surface area contributed by atoms with E-state index in [9.17, 15) is 5.11 Å². The van der Waals surface area contributed by atoms with Gasteiger partial charge in [-0.05, 0) is 46.8 Å². The molecule has 0 amide bonds. The maximum Gasteiger partial charge on any atom is 0.300 e. The normalized spacial score (nSPS) is 33.3. The Morgan fingerprint density at radius 1 is 1.23 bits per heavy atom. The summed E-state index contributed by atoms with van der Waals surface area (Å²) in [5.74, 6) is 0.535. The highest BCUT2D eigenvalue weighted by Gasteiger charge is 2.64. The molecule has 144 valence electrons. The van der Waals surface area contributed by atoms with E-state index < -0.39 is 5.97 Å². The number of carboxylic acid groups (broad SMARTS) is 1. The van der Waals surface area contributed by atoms with Gasteiger partial charge in [-0.3, -0.25) is 4.79 Å². The van der Waals surface area contributed by atoms with E-state index in [1.165, 1.54) is 30.4 Å². The lowest BCUT2D eigenvalue weighted by molar-refractivity contribution is -0.134. The predicted molar refractivity (Wildman–Crippen MR) is 102 cm³/mol. The van der Waals surface area contributed by atoms with Crippen molar-refractivity contribution in [3.63, 3.8) is 0 Å². The predicted octanol–water partition coefficient (Wildman–Crippen LogP) is 5.14. The van der Waals surface area contributed by atoms with E-state index in [2.05, 4.69) is 40.7 Å². The Balaban J connectivity index is 0.000000447. The molecule has 26 heavy (non-hydrogen) atoms. The van der Waals surface area contributed by atoms with Gasteiger partial charge in [0.15, 0.2) is 0 Å². The van der Waals surface area contributed by atoms with Gasteiger partial charge in [0.05, 0.1) is 6.10 Å². The Morgan fingerprint density at radius 2 is 1.85 bits per heavy atom. The minimum atomic E-state index is -0.833. The molecule has 1 aliphatic heterocycles. The zero-order valence-corrected chi connectivity index (χ0v) is 16.8. The molecule has 3 aliphatic rings. The number of rotatable bonds is 1. The van der Waals surface area contributed by atoms with Crippen molar-refractivity contribution in [2.75, 3.05) is 0 Å². The Hall–Kier alpha value is -1.55. The van der Waals surface area contributed by atoms with Crippen LogP contribution in [0.3, 0.4) is 0 Å². The molecule has 2 aliphatic carbocycles. The summed E-state index contributed by atoms with van der Waals surface area (Å²) < 4.78 is 6.21. The molecule has 1 heterocycles. The van der Waals surface area contributed by atoms with Gasteiger partial charge < -0.3 is 14.9 Å². The summed E-state index contributed by atoms with van der Waals surface area (Å²) in [6.45, 7) is 12.7. The Kier molecular flexibility index (Phi) is 4.63. The minimum absolute atomic E-state index is 0.187. The van der Waals surface area contributed by atoms with Gasteiger partial charge in [0.2, 0.25) is 0 Å². The lowest BCUT2D eigenvalue weighted by Gasteiger charge is -2.53. The number of ether oxygens (including phenoxy) is 1. The molecule has 4 rings (SSSR count).